The second-order valence-electron chi connectivity index (χ2n) is 4.76. The van der Waals surface area contributed by atoms with Crippen molar-refractivity contribution in [2.24, 2.45) is 0 Å². The third-order valence-corrected chi connectivity index (χ3v) is 3.30. The summed E-state index contributed by atoms with van der Waals surface area (Å²) in [5, 5.41) is 27.2. The number of hydrogen-bond donors (Lipinski definition) is 3. The number of carboxylic acids is 1. The molecule has 0 saturated carbocycles. The third kappa shape index (κ3) is 7.45. The molecular formula is C14H26O4. The molecule has 0 aromatic heterocycles. The maximum atomic E-state index is 10.7. The van der Waals surface area contributed by atoms with Crippen molar-refractivity contribution in [1.82, 2.24) is 0 Å². The van der Waals surface area contributed by atoms with E-state index >= 15 is 0 Å². The van der Waals surface area contributed by atoms with Crippen LogP contribution < -0.4 is 0 Å². The highest BCUT2D eigenvalue weighted by molar-refractivity contribution is 5.86. The van der Waals surface area contributed by atoms with Gasteiger partial charge in [0.05, 0.1) is 6.10 Å². The summed E-state index contributed by atoms with van der Waals surface area (Å²) < 4.78 is 0. The van der Waals surface area contributed by atoms with Crippen LogP contribution in [-0.2, 0) is 4.79 Å². The maximum absolute atomic E-state index is 10.7. The van der Waals surface area contributed by atoms with Gasteiger partial charge in [0.25, 0.3) is 0 Å². The standard InChI is InChI=1S/C14H26O4/c1-11(12(2)14(17)18)13(16)9-7-5-3-4-6-8-10-15/h13,15-16H,3-10H2,1-2H3,(H,17,18). The molecule has 0 heterocycles. The van der Waals surface area contributed by atoms with Crippen molar-refractivity contribution in [3.8, 4) is 0 Å². The Balaban J connectivity index is 3.74. The highest BCUT2D eigenvalue weighted by atomic mass is 16.4. The minimum Gasteiger partial charge on any atom is -0.478 e. The molecule has 106 valence electrons. The highest BCUT2D eigenvalue weighted by Crippen LogP contribution is 2.15. The Bertz CT molecular complexity index is 271. The van der Waals surface area contributed by atoms with Gasteiger partial charge in [0.15, 0.2) is 0 Å². The van der Waals surface area contributed by atoms with Gasteiger partial charge in [0.2, 0.25) is 0 Å². The summed E-state index contributed by atoms with van der Waals surface area (Å²) in [6, 6.07) is 0. The number of unbranched alkanes of at least 4 members (excludes halogenated alkanes) is 5. The first-order valence-corrected chi connectivity index (χ1v) is 6.70. The summed E-state index contributed by atoms with van der Waals surface area (Å²) in [5.41, 5.74) is 0.799. The molecule has 4 heteroatoms. The summed E-state index contributed by atoms with van der Waals surface area (Å²) in [6.45, 7) is 3.46. The number of carboxylic acid groups (broad SMARTS) is 1. The van der Waals surface area contributed by atoms with E-state index in [1.807, 2.05) is 0 Å². The Morgan fingerprint density at radius 3 is 2.00 bits per heavy atom. The zero-order valence-electron chi connectivity index (χ0n) is 11.5. The Kier molecular flexibility index (Phi) is 9.60. The highest BCUT2D eigenvalue weighted by Gasteiger charge is 2.12. The van der Waals surface area contributed by atoms with E-state index in [2.05, 4.69) is 0 Å². The lowest BCUT2D eigenvalue weighted by molar-refractivity contribution is -0.132. The average molecular weight is 258 g/mol. The lowest BCUT2D eigenvalue weighted by Crippen LogP contribution is -2.13. The van der Waals surface area contributed by atoms with Gasteiger partial charge in [-0.05, 0) is 32.3 Å². The monoisotopic (exact) mass is 258 g/mol. The zero-order valence-corrected chi connectivity index (χ0v) is 11.5. The molecule has 0 radical (unpaired) electrons. The fraction of sp³-hybridized carbons (Fsp3) is 0.786. The molecule has 0 aliphatic carbocycles. The number of rotatable bonds is 10. The van der Waals surface area contributed by atoms with Crippen LogP contribution in [0.2, 0.25) is 0 Å². The molecule has 0 aromatic carbocycles. The van der Waals surface area contributed by atoms with Crippen molar-refractivity contribution in [3.05, 3.63) is 11.1 Å². The minimum absolute atomic E-state index is 0.241. The predicted octanol–water partition coefficient (Wildman–Crippen LogP) is 2.49. The van der Waals surface area contributed by atoms with E-state index in [4.69, 9.17) is 10.2 Å². The van der Waals surface area contributed by atoms with Gasteiger partial charge in [-0.15, -0.1) is 0 Å². The van der Waals surface area contributed by atoms with Crippen LogP contribution in [-0.4, -0.2) is 34.0 Å². The topological polar surface area (TPSA) is 77.8 Å². The van der Waals surface area contributed by atoms with Gasteiger partial charge in [-0.25, -0.2) is 4.79 Å². The van der Waals surface area contributed by atoms with Crippen molar-refractivity contribution in [3.63, 3.8) is 0 Å². The molecule has 0 aliphatic heterocycles. The van der Waals surface area contributed by atoms with Crippen LogP contribution in [0.25, 0.3) is 0 Å². The summed E-state index contributed by atoms with van der Waals surface area (Å²) in [6.07, 6.45) is 6.06. The normalized spacial score (nSPS) is 14.2. The van der Waals surface area contributed by atoms with E-state index in [1.165, 1.54) is 6.92 Å². The molecule has 3 N–H and O–H groups in total. The predicted molar refractivity (Wildman–Crippen MR) is 71.4 cm³/mol. The number of aliphatic hydroxyl groups excluding tert-OH is 2. The molecular weight excluding hydrogens is 232 g/mol. The molecule has 0 aliphatic rings. The Morgan fingerprint density at radius 1 is 1.00 bits per heavy atom. The van der Waals surface area contributed by atoms with Crippen LogP contribution in [0.5, 0.6) is 0 Å². The zero-order chi connectivity index (χ0) is 14.0. The molecule has 0 spiro atoms. The average Bonchev–Trinajstić information content (AvgIpc) is 2.35. The molecule has 0 aromatic rings. The molecule has 18 heavy (non-hydrogen) atoms. The van der Waals surface area contributed by atoms with Crippen molar-refractivity contribution < 1.29 is 20.1 Å². The van der Waals surface area contributed by atoms with Crippen LogP contribution in [0.15, 0.2) is 11.1 Å². The van der Waals surface area contributed by atoms with Gasteiger partial charge in [0, 0.05) is 12.2 Å². The molecule has 1 atom stereocenters. The quantitative estimate of drug-likeness (QED) is 0.415. The largest absolute Gasteiger partial charge is 0.478 e. The van der Waals surface area contributed by atoms with E-state index in [1.54, 1.807) is 6.92 Å². The van der Waals surface area contributed by atoms with Gasteiger partial charge in [-0.2, -0.15) is 0 Å². The Hall–Kier alpha value is -0.870. The summed E-state index contributed by atoms with van der Waals surface area (Å²) >= 11 is 0. The van der Waals surface area contributed by atoms with E-state index in [9.17, 15) is 9.90 Å². The third-order valence-electron chi connectivity index (χ3n) is 3.30. The first kappa shape index (κ1) is 17.1. The summed E-state index contributed by atoms with van der Waals surface area (Å²) in [7, 11) is 0. The van der Waals surface area contributed by atoms with E-state index < -0.39 is 12.1 Å². The molecule has 4 nitrogen and oxygen atoms in total. The van der Waals surface area contributed by atoms with Gasteiger partial charge >= 0.3 is 5.97 Å². The fourth-order valence-corrected chi connectivity index (χ4v) is 1.79. The Morgan fingerprint density at radius 2 is 1.50 bits per heavy atom. The second-order valence-corrected chi connectivity index (χ2v) is 4.76. The van der Waals surface area contributed by atoms with E-state index in [0.29, 0.717) is 12.0 Å². The van der Waals surface area contributed by atoms with Gasteiger partial charge in [0.1, 0.15) is 0 Å². The Labute approximate surface area is 109 Å². The summed E-state index contributed by atoms with van der Waals surface area (Å²) in [5.74, 6) is -0.962. The van der Waals surface area contributed by atoms with Crippen LogP contribution in [0.4, 0.5) is 0 Å². The maximum Gasteiger partial charge on any atom is 0.331 e. The molecule has 0 saturated heterocycles. The van der Waals surface area contributed by atoms with Gasteiger partial charge in [-0.3, -0.25) is 0 Å². The number of aliphatic carboxylic acids is 1. The van der Waals surface area contributed by atoms with Crippen LogP contribution in [0.3, 0.4) is 0 Å². The fourth-order valence-electron chi connectivity index (χ4n) is 1.79. The number of aliphatic hydroxyl groups is 2. The van der Waals surface area contributed by atoms with Crippen molar-refractivity contribution >= 4 is 5.97 Å². The van der Waals surface area contributed by atoms with Crippen LogP contribution in [0.1, 0.15) is 58.8 Å². The second kappa shape index (κ2) is 10.1. The molecule has 0 bridgehead atoms. The smallest absolute Gasteiger partial charge is 0.331 e. The first-order valence-electron chi connectivity index (χ1n) is 6.70. The van der Waals surface area contributed by atoms with E-state index in [-0.39, 0.29) is 12.2 Å². The van der Waals surface area contributed by atoms with E-state index in [0.717, 1.165) is 38.5 Å². The minimum atomic E-state index is -0.962. The molecule has 0 rings (SSSR count). The van der Waals surface area contributed by atoms with Gasteiger partial charge < -0.3 is 15.3 Å². The van der Waals surface area contributed by atoms with Crippen molar-refractivity contribution in [2.75, 3.05) is 6.61 Å². The molecule has 0 fully saturated rings. The lowest BCUT2D eigenvalue weighted by Gasteiger charge is -2.12. The van der Waals surface area contributed by atoms with Crippen LogP contribution in [0, 0.1) is 0 Å². The molecule has 0 amide bonds. The van der Waals surface area contributed by atoms with Gasteiger partial charge in [-0.1, -0.05) is 32.1 Å². The van der Waals surface area contributed by atoms with Crippen molar-refractivity contribution in [1.29, 1.82) is 0 Å². The number of hydrogen-bond acceptors (Lipinski definition) is 3. The molecule has 1 unspecified atom stereocenters. The van der Waals surface area contributed by atoms with Crippen molar-refractivity contribution in [2.45, 2.75) is 64.9 Å². The van der Waals surface area contributed by atoms with Crippen LogP contribution >= 0.6 is 0 Å². The summed E-state index contributed by atoms with van der Waals surface area (Å²) in [4.78, 5) is 10.7. The number of carbonyl (C=O) groups is 1. The SMILES string of the molecule is CC(C(=O)O)=C(C)C(O)CCCCCCCCO. The lowest BCUT2D eigenvalue weighted by atomic mass is 9.99. The first-order chi connectivity index (χ1) is 8.50.